The fourth-order valence-corrected chi connectivity index (χ4v) is 1.70. The maximum absolute atomic E-state index is 11.5. The van der Waals surface area contributed by atoms with Crippen molar-refractivity contribution in [1.82, 2.24) is 5.32 Å². The number of amides is 1. The van der Waals surface area contributed by atoms with Gasteiger partial charge in [0.15, 0.2) is 5.96 Å². The second-order valence-electron chi connectivity index (χ2n) is 4.94. The third-order valence-corrected chi connectivity index (χ3v) is 2.97. The quantitative estimate of drug-likeness (QED) is 0.550. The molecule has 19 heavy (non-hydrogen) atoms. The maximum atomic E-state index is 11.5. The number of nitrogens with one attached hydrogen (secondary N) is 2. The molecule has 1 aromatic rings. The zero-order chi connectivity index (χ0) is 13.7. The topological polar surface area (TPSA) is 79.5 Å². The molecule has 0 unspecified atom stereocenters. The number of carbonyl (C=O) groups is 1. The molecule has 2 rings (SSSR count). The molecule has 0 aromatic heterocycles. The van der Waals surface area contributed by atoms with Gasteiger partial charge in [-0.3, -0.25) is 4.79 Å². The number of hydrogen-bond acceptors (Lipinski definition) is 2. The van der Waals surface area contributed by atoms with E-state index in [1.54, 1.807) is 0 Å². The molecule has 102 valence electrons. The van der Waals surface area contributed by atoms with Gasteiger partial charge in [-0.1, -0.05) is 12.1 Å². The molecular formula is C14H20N4O. The Kier molecular flexibility index (Phi) is 4.39. The van der Waals surface area contributed by atoms with E-state index in [-0.39, 0.29) is 18.4 Å². The number of benzene rings is 1. The van der Waals surface area contributed by atoms with Crippen LogP contribution >= 0.6 is 0 Å². The lowest BCUT2D eigenvalue weighted by molar-refractivity contribution is -0.119. The van der Waals surface area contributed by atoms with E-state index >= 15 is 0 Å². The molecule has 0 radical (unpaired) electrons. The highest BCUT2D eigenvalue weighted by Crippen LogP contribution is 2.27. The van der Waals surface area contributed by atoms with Gasteiger partial charge in [-0.15, -0.1) is 0 Å². The molecule has 5 nitrogen and oxygen atoms in total. The summed E-state index contributed by atoms with van der Waals surface area (Å²) < 4.78 is 0. The predicted octanol–water partition coefficient (Wildman–Crippen LogP) is 1.25. The van der Waals surface area contributed by atoms with Gasteiger partial charge in [0.2, 0.25) is 5.91 Å². The Balaban J connectivity index is 1.76. The van der Waals surface area contributed by atoms with E-state index in [9.17, 15) is 4.79 Å². The standard InChI is InChI=1S/C14H20N4O/c1-10-3-2-4-12(7-10)18-14(15)17-9-13(19)16-8-11-5-6-11/h2-4,7,11H,5-6,8-9H2,1H3,(H,16,19)(H3,15,17,18). The molecule has 0 spiro atoms. The lowest BCUT2D eigenvalue weighted by Crippen LogP contribution is -2.30. The Morgan fingerprint density at radius 2 is 2.26 bits per heavy atom. The highest BCUT2D eigenvalue weighted by atomic mass is 16.1. The molecule has 0 atom stereocenters. The van der Waals surface area contributed by atoms with E-state index in [0.29, 0.717) is 5.92 Å². The summed E-state index contributed by atoms with van der Waals surface area (Å²) in [5.41, 5.74) is 7.74. The maximum Gasteiger partial charge on any atom is 0.241 e. The number of carbonyl (C=O) groups excluding carboxylic acids is 1. The minimum Gasteiger partial charge on any atom is -0.370 e. The van der Waals surface area contributed by atoms with Gasteiger partial charge in [-0.05, 0) is 43.4 Å². The Labute approximate surface area is 113 Å². The first kappa shape index (κ1) is 13.4. The monoisotopic (exact) mass is 260 g/mol. The fraction of sp³-hybridized carbons (Fsp3) is 0.429. The molecule has 0 heterocycles. The number of aliphatic imine (C=N–C) groups is 1. The van der Waals surface area contributed by atoms with E-state index in [4.69, 9.17) is 5.73 Å². The summed E-state index contributed by atoms with van der Waals surface area (Å²) in [7, 11) is 0. The van der Waals surface area contributed by atoms with Crippen molar-refractivity contribution in [2.45, 2.75) is 19.8 Å². The summed E-state index contributed by atoms with van der Waals surface area (Å²) in [5.74, 6) is 0.851. The average molecular weight is 260 g/mol. The minimum absolute atomic E-state index is 0.0668. The Morgan fingerprint density at radius 1 is 1.47 bits per heavy atom. The van der Waals surface area contributed by atoms with Crippen LogP contribution < -0.4 is 16.4 Å². The molecule has 0 aliphatic heterocycles. The first-order valence-electron chi connectivity index (χ1n) is 6.54. The molecule has 1 amide bonds. The third-order valence-electron chi connectivity index (χ3n) is 2.97. The lowest BCUT2D eigenvalue weighted by atomic mass is 10.2. The van der Waals surface area contributed by atoms with Crippen molar-refractivity contribution in [3.63, 3.8) is 0 Å². The summed E-state index contributed by atoms with van der Waals surface area (Å²) >= 11 is 0. The van der Waals surface area contributed by atoms with E-state index in [2.05, 4.69) is 15.6 Å². The third kappa shape index (κ3) is 4.99. The molecular weight excluding hydrogens is 240 g/mol. The number of nitrogens with zero attached hydrogens (tertiary/aromatic N) is 1. The zero-order valence-electron chi connectivity index (χ0n) is 11.1. The molecule has 0 bridgehead atoms. The van der Waals surface area contributed by atoms with Crippen molar-refractivity contribution >= 4 is 17.6 Å². The van der Waals surface area contributed by atoms with Crippen LogP contribution in [0.3, 0.4) is 0 Å². The minimum atomic E-state index is -0.0825. The molecule has 4 N–H and O–H groups in total. The zero-order valence-corrected chi connectivity index (χ0v) is 11.1. The largest absolute Gasteiger partial charge is 0.370 e. The van der Waals surface area contributed by atoms with Crippen LogP contribution in [-0.2, 0) is 4.79 Å². The van der Waals surface area contributed by atoms with Crippen LogP contribution in [0.2, 0.25) is 0 Å². The molecule has 0 saturated heterocycles. The summed E-state index contributed by atoms with van der Waals surface area (Å²) in [4.78, 5) is 15.5. The number of hydrogen-bond donors (Lipinski definition) is 3. The van der Waals surface area contributed by atoms with Gasteiger partial charge in [-0.2, -0.15) is 0 Å². The van der Waals surface area contributed by atoms with E-state index in [1.807, 2.05) is 31.2 Å². The summed E-state index contributed by atoms with van der Waals surface area (Å²) in [6.45, 7) is 2.83. The smallest absolute Gasteiger partial charge is 0.241 e. The lowest BCUT2D eigenvalue weighted by Gasteiger charge is -2.06. The van der Waals surface area contributed by atoms with Gasteiger partial charge in [-0.25, -0.2) is 4.99 Å². The number of guanidine groups is 1. The Morgan fingerprint density at radius 3 is 2.95 bits per heavy atom. The second-order valence-corrected chi connectivity index (χ2v) is 4.94. The van der Waals surface area contributed by atoms with Crippen molar-refractivity contribution < 1.29 is 4.79 Å². The van der Waals surface area contributed by atoms with Gasteiger partial charge < -0.3 is 16.4 Å². The SMILES string of the molecule is Cc1cccc(NC(N)=NCC(=O)NCC2CC2)c1. The number of nitrogens with two attached hydrogens (primary N) is 1. The first-order valence-corrected chi connectivity index (χ1v) is 6.54. The second kappa shape index (κ2) is 6.22. The van der Waals surface area contributed by atoms with Crippen molar-refractivity contribution in [2.75, 3.05) is 18.4 Å². The van der Waals surface area contributed by atoms with Crippen LogP contribution in [0.5, 0.6) is 0 Å². The summed E-state index contributed by atoms with van der Waals surface area (Å²) in [6.07, 6.45) is 2.45. The predicted molar refractivity (Wildman–Crippen MR) is 77.0 cm³/mol. The van der Waals surface area contributed by atoms with Crippen molar-refractivity contribution in [3.8, 4) is 0 Å². The highest BCUT2D eigenvalue weighted by molar-refractivity contribution is 5.93. The Hall–Kier alpha value is -2.04. The van der Waals surface area contributed by atoms with Crippen LogP contribution in [0, 0.1) is 12.8 Å². The molecule has 1 aliphatic rings. The molecule has 1 saturated carbocycles. The van der Waals surface area contributed by atoms with Gasteiger partial charge in [0.1, 0.15) is 6.54 Å². The van der Waals surface area contributed by atoms with Crippen LogP contribution in [0.25, 0.3) is 0 Å². The molecule has 1 aliphatic carbocycles. The summed E-state index contributed by atoms with van der Waals surface area (Å²) in [5, 5.41) is 5.81. The molecule has 1 aromatic carbocycles. The fourth-order valence-electron chi connectivity index (χ4n) is 1.70. The molecule has 5 heteroatoms. The van der Waals surface area contributed by atoms with Crippen LogP contribution in [0.4, 0.5) is 5.69 Å². The van der Waals surface area contributed by atoms with Gasteiger partial charge in [0.25, 0.3) is 0 Å². The first-order chi connectivity index (χ1) is 9.13. The number of anilines is 1. The van der Waals surface area contributed by atoms with E-state index in [0.717, 1.165) is 17.8 Å². The van der Waals surface area contributed by atoms with Crippen LogP contribution in [-0.4, -0.2) is 25.0 Å². The van der Waals surface area contributed by atoms with Crippen LogP contribution in [0.1, 0.15) is 18.4 Å². The van der Waals surface area contributed by atoms with Gasteiger partial charge in [0, 0.05) is 12.2 Å². The average Bonchev–Trinajstić information content (AvgIpc) is 3.18. The number of aryl methyl sites for hydroxylation is 1. The van der Waals surface area contributed by atoms with Crippen LogP contribution in [0.15, 0.2) is 29.3 Å². The van der Waals surface area contributed by atoms with Crippen molar-refractivity contribution in [2.24, 2.45) is 16.6 Å². The van der Waals surface area contributed by atoms with E-state index in [1.165, 1.54) is 12.8 Å². The van der Waals surface area contributed by atoms with E-state index < -0.39 is 0 Å². The summed E-state index contributed by atoms with van der Waals surface area (Å²) in [6, 6.07) is 7.81. The Bertz CT molecular complexity index is 480. The molecule has 1 fully saturated rings. The van der Waals surface area contributed by atoms with Gasteiger partial charge in [0.05, 0.1) is 0 Å². The van der Waals surface area contributed by atoms with Crippen molar-refractivity contribution in [1.29, 1.82) is 0 Å². The highest BCUT2D eigenvalue weighted by Gasteiger charge is 2.21. The van der Waals surface area contributed by atoms with Gasteiger partial charge >= 0.3 is 0 Å². The number of rotatable bonds is 5. The normalized spacial score (nSPS) is 15.1. The van der Waals surface area contributed by atoms with Crippen molar-refractivity contribution in [3.05, 3.63) is 29.8 Å².